The van der Waals surface area contributed by atoms with Crippen LogP contribution in [0.25, 0.3) is 0 Å². The van der Waals surface area contributed by atoms with Gasteiger partial charge in [-0.05, 0) is 44.2 Å². The van der Waals surface area contributed by atoms with Crippen LogP contribution in [0.15, 0.2) is 29.2 Å². The summed E-state index contributed by atoms with van der Waals surface area (Å²) in [6.45, 7) is 1.59. The fourth-order valence-corrected chi connectivity index (χ4v) is 5.96. The van der Waals surface area contributed by atoms with Crippen LogP contribution in [0.5, 0.6) is 0 Å². The minimum atomic E-state index is -3.69. The van der Waals surface area contributed by atoms with Crippen molar-refractivity contribution >= 4 is 10.0 Å². The molecule has 2 aliphatic rings. The third kappa shape index (κ3) is 3.12. The Bertz CT molecular complexity index is 687. The number of nitro groups is 1. The van der Waals surface area contributed by atoms with Gasteiger partial charge in [0.25, 0.3) is 0 Å². The summed E-state index contributed by atoms with van der Waals surface area (Å²) in [5, 5.41) is 11.0. The highest BCUT2D eigenvalue weighted by Gasteiger charge is 2.49. The number of hydrogen-bond donors (Lipinski definition) is 0. The molecule has 6 nitrogen and oxygen atoms in total. The minimum absolute atomic E-state index is 0.0833. The Kier molecular flexibility index (Phi) is 4.42. The van der Waals surface area contributed by atoms with Crippen molar-refractivity contribution in [1.29, 1.82) is 0 Å². The zero-order valence-corrected chi connectivity index (χ0v) is 14.0. The first kappa shape index (κ1) is 16.4. The number of rotatable bonds is 4. The van der Waals surface area contributed by atoms with Gasteiger partial charge in [-0.15, -0.1) is 0 Å². The first-order chi connectivity index (χ1) is 10.9. The predicted molar refractivity (Wildman–Crippen MR) is 86.2 cm³/mol. The van der Waals surface area contributed by atoms with Crippen LogP contribution in [0.2, 0.25) is 0 Å². The second-order valence-corrected chi connectivity index (χ2v) is 8.51. The lowest BCUT2D eigenvalue weighted by atomic mass is 9.85. The molecule has 1 aromatic carbocycles. The number of sulfonamides is 1. The minimum Gasteiger partial charge on any atom is -0.264 e. The van der Waals surface area contributed by atoms with Crippen LogP contribution in [0, 0.1) is 23.0 Å². The molecule has 2 fully saturated rings. The second-order valence-electron chi connectivity index (χ2n) is 6.66. The number of hydrogen-bond acceptors (Lipinski definition) is 4. The number of benzene rings is 1. The summed E-state index contributed by atoms with van der Waals surface area (Å²) in [7, 11) is -3.69. The van der Waals surface area contributed by atoms with Gasteiger partial charge in [0.2, 0.25) is 16.6 Å². The van der Waals surface area contributed by atoms with E-state index < -0.39 is 16.1 Å². The first-order valence-corrected chi connectivity index (χ1v) is 9.55. The van der Waals surface area contributed by atoms with Crippen LogP contribution in [-0.2, 0) is 10.0 Å². The van der Waals surface area contributed by atoms with Gasteiger partial charge in [-0.1, -0.05) is 30.5 Å². The zero-order chi connectivity index (χ0) is 16.6. The second kappa shape index (κ2) is 6.20. The standard InChI is InChI=1S/C16H22N2O4S/c1-12-6-8-15(9-7-12)23(21,22)18-14(11-17(19)20)10-13-4-2-3-5-16(13)18/h6-9,13-14,16H,2-5,10-11H2,1H3/t13-,14?,16-/m0/s1. The van der Waals surface area contributed by atoms with E-state index in [1.165, 1.54) is 4.31 Å². The van der Waals surface area contributed by atoms with E-state index in [9.17, 15) is 18.5 Å². The third-order valence-electron chi connectivity index (χ3n) is 5.09. The third-order valence-corrected chi connectivity index (χ3v) is 7.08. The van der Waals surface area contributed by atoms with E-state index in [0.717, 1.165) is 31.2 Å². The van der Waals surface area contributed by atoms with Crippen LogP contribution in [-0.4, -0.2) is 36.3 Å². The molecule has 0 bridgehead atoms. The predicted octanol–water partition coefficient (Wildman–Crippen LogP) is 2.59. The van der Waals surface area contributed by atoms with Gasteiger partial charge in [-0.25, -0.2) is 8.42 Å². The molecule has 1 saturated heterocycles. The van der Waals surface area contributed by atoms with Crippen LogP contribution >= 0.6 is 0 Å². The average molecular weight is 338 g/mol. The summed E-state index contributed by atoms with van der Waals surface area (Å²) in [5.41, 5.74) is 0.989. The average Bonchev–Trinajstić information content (AvgIpc) is 2.85. The van der Waals surface area contributed by atoms with Crippen LogP contribution in [0.3, 0.4) is 0 Å². The monoisotopic (exact) mass is 338 g/mol. The lowest BCUT2D eigenvalue weighted by molar-refractivity contribution is -0.485. The lowest BCUT2D eigenvalue weighted by Gasteiger charge is -2.32. The molecule has 126 valence electrons. The van der Waals surface area contributed by atoms with Crippen molar-refractivity contribution in [2.45, 2.75) is 56.0 Å². The highest BCUT2D eigenvalue weighted by molar-refractivity contribution is 7.89. The topological polar surface area (TPSA) is 80.5 Å². The molecule has 0 amide bonds. The molecule has 1 saturated carbocycles. The maximum atomic E-state index is 13.1. The van der Waals surface area contributed by atoms with Crippen molar-refractivity contribution in [3.63, 3.8) is 0 Å². The Balaban J connectivity index is 1.97. The largest absolute Gasteiger partial charge is 0.264 e. The van der Waals surface area contributed by atoms with Gasteiger partial charge >= 0.3 is 0 Å². The van der Waals surface area contributed by atoms with Gasteiger partial charge in [0.1, 0.15) is 0 Å². The van der Waals surface area contributed by atoms with Crippen LogP contribution < -0.4 is 0 Å². The van der Waals surface area contributed by atoms with E-state index >= 15 is 0 Å². The number of aryl methyl sites for hydroxylation is 1. The van der Waals surface area contributed by atoms with Crippen molar-refractivity contribution in [1.82, 2.24) is 4.31 Å². The molecule has 3 atom stereocenters. The molecule has 7 heteroatoms. The molecule has 0 N–H and O–H groups in total. The SMILES string of the molecule is Cc1ccc(S(=O)(=O)N2C(C[N+](=O)[O-])C[C@@H]3CCCC[C@@H]32)cc1. The smallest absolute Gasteiger partial charge is 0.243 e. The Morgan fingerprint density at radius 2 is 1.87 bits per heavy atom. The van der Waals surface area contributed by atoms with Crippen molar-refractivity contribution in [3.8, 4) is 0 Å². The van der Waals surface area contributed by atoms with Gasteiger partial charge in [-0.2, -0.15) is 4.31 Å². The molecule has 23 heavy (non-hydrogen) atoms. The van der Waals surface area contributed by atoms with Gasteiger partial charge < -0.3 is 0 Å². The van der Waals surface area contributed by atoms with Crippen molar-refractivity contribution in [3.05, 3.63) is 39.9 Å². The molecule has 0 aromatic heterocycles. The number of nitrogens with zero attached hydrogens (tertiary/aromatic N) is 2. The summed E-state index contributed by atoms with van der Waals surface area (Å²) in [5.74, 6) is 0.258. The van der Waals surface area contributed by atoms with Crippen LogP contribution in [0.4, 0.5) is 0 Å². The molecule has 0 radical (unpaired) electrons. The molecular weight excluding hydrogens is 316 g/mol. The number of fused-ring (bicyclic) bond motifs is 1. The van der Waals surface area contributed by atoms with E-state index in [4.69, 9.17) is 0 Å². The van der Waals surface area contributed by atoms with Gasteiger partial charge in [0.05, 0.1) is 10.9 Å². The summed E-state index contributed by atoms with van der Waals surface area (Å²) in [4.78, 5) is 10.8. The fraction of sp³-hybridized carbons (Fsp3) is 0.625. The molecule has 1 aliphatic heterocycles. The highest BCUT2D eigenvalue weighted by Crippen LogP contribution is 2.42. The Labute approximate surface area is 136 Å². The molecular formula is C16H22N2O4S. The maximum Gasteiger partial charge on any atom is 0.243 e. The molecule has 0 spiro atoms. The Morgan fingerprint density at radius 3 is 2.52 bits per heavy atom. The van der Waals surface area contributed by atoms with Gasteiger partial charge in [-0.3, -0.25) is 10.1 Å². The van der Waals surface area contributed by atoms with E-state index in [1.54, 1.807) is 24.3 Å². The highest BCUT2D eigenvalue weighted by atomic mass is 32.2. The van der Waals surface area contributed by atoms with Crippen LogP contribution in [0.1, 0.15) is 37.7 Å². The Hall–Kier alpha value is -1.47. The van der Waals surface area contributed by atoms with Gasteiger partial charge in [0.15, 0.2) is 0 Å². The van der Waals surface area contributed by atoms with E-state index in [-0.39, 0.29) is 28.3 Å². The summed E-state index contributed by atoms with van der Waals surface area (Å²) >= 11 is 0. The van der Waals surface area contributed by atoms with Crippen molar-refractivity contribution < 1.29 is 13.3 Å². The summed E-state index contributed by atoms with van der Waals surface area (Å²) in [6, 6.07) is 6.13. The van der Waals surface area contributed by atoms with E-state index in [2.05, 4.69) is 0 Å². The molecule has 1 aromatic rings. The normalized spacial score (nSPS) is 28.5. The lowest BCUT2D eigenvalue weighted by Crippen LogP contribution is -2.45. The Morgan fingerprint density at radius 1 is 1.22 bits per heavy atom. The first-order valence-electron chi connectivity index (χ1n) is 8.11. The molecule has 1 aliphatic carbocycles. The zero-order valence-electron chi connectivity index (χ0n) is 13.2. The summed E-state index contributed by atoms with van der Waals surface area (Å²) < 4.78 is 27.7. The summed E-state index contributed by atoms with van der Waals surface area (Å²) in [6.07, 6.45) is 4.47. The molecule has 1 unspecified atom stereocenters. The maximum absolute atomic E-state index is 13.1. The van der Waals surface area contributed by atoms with E-state index in [1.807, 2.05) is 6.92 Å². The quantitative estimate of drug-likeness (QED) is 0.624. The molecule has 3 rings (SSSR count). The molecule has 1 heterocycles. The van der Waals surface area contributed by atoms with Gasteiger partial charge in [0, 0.05) is 11.0 Å². The fourth-order valence-electron chi connectivity index (χ4n) is 4.06. The van der Waals surface area contributed by atoms with E-state index in [0.29, 0.717) is 6.42 Å². The van der Waals surface area contributed by atoms with Crippen molar-refractivity contribution in [2.24, 2.45) is 5.92 Å². The van der Waals surface area contributed by atoms with Crippen molar-refractivity contribution in [2.75, 3.05) is 6.54 Å².